The SMILES string of the molecule is NCCCCCN1CCN(c2cnc(C(=O)N3CCCC(N)C3)cn2)CC1. The molecule has 0 bridgehead atoms. The first-order chi connectivity index (χ1) is 13.2. The van der Waals surface area contributed by atoms with Crippen molar-refractivity contribution in [1.82, 2.24) is 19.8 Å². The fourth-order valence-electron chi connectivity index (χ4n) is 3.81. The van der Waals surface area contributed by atoms with Crippen molar-refractivity contribution in [3.63, 3.8) is 0 Å². The number of piperazine rings is 1. The minimum atomic E-state index is -0.0634. The Labute approximate surface area is 161 Å². The zero-order chi connectivity index (χ0) is 19.1. The molecule has 1 unspecified atom stereocenters. The van der Waals surface area contributed by atoms with Crippen molar-refractivity contribution in [2.45, 2.75) is 38.1 Å². The van der Waals surface area contributed by atoms with Crippen molar-refractivity contribution in [3.8, 4) is 0 Å². The van der Waals surface area contributed by atoms with Crippen LogP contribution in [0.5, 0.6) is 0 Å². The monoisotopic (exact) mass is 375 g/mol. The number of rotatable bonds is 7. The molecule has 1 aromatic rings. The number of amides is 1. The van der Waals surface area contributed by atoms with Gasteiger partial charge in [-0.15, -0.1) is 0 Å². The van der Waals surface area contributed by atoms with E-state index in [1.54, 1.807) is 17.3 Å². The van der Waals surface area contributed by atoms with E-state index in [9.17, 15) is 4.79 Å². The molecule has 2 saturated heterocycles. The molecule has 0 saturated carbocycles. The Kier molecular flexibility index (Phi) is 7.37. The van der Waals surface area contributed by atoms with Crippen LogP contribution in [-0.4, -0.2) is 84.1 Å². The predicted molar refractivity (Wildman–Crippen MR) is 107 cm³/mol. The molecular weight excluding hydrogens is 342 g/mol. The van der Waals surface area contributed by atoms with Crippen LogP contribution in [0.25, 0.3) is 0 Å². The average Bonchev–Trinajstić information content (AvgIpc) is 2.71. The number of likely N-dealkylation sites (tertiary alicyclic amines) is 1. The molecule has 3 rings (SSSR count). The second-order valence-electron chi connectivity index (χ2n) is 7.59. The van der Waals surface area contributed by atoms with Gasteiger partial charge in [0.05, 0.1) is 12.4 Å². The maximum absolute atomic E-state index is 12.6. The Hall–Kier alpha value is -1.77. The molecule has 8 heteroatoms. The van der Waals surface area contributed by atoms with E-state index in [1.165, 1.54) is 12.8 Å². The van der Waals surface area contributed by atoms with E-state index in [0.29, 0.717) is 12.2 Å². The fourth-order valence-corrected chi connectivity index (χ4v) is 3.81. The molecule has 4 N–H and O–H groups in total. The van der Waals surface area contributed by atoms with E-state index in [4.69, 9.17) is 11.5 Å². The van der Waals surface area contributed by atoms with Crippen LogP contribution in [-0.2, 0) is 0 Å². The van der Waals surface area contributed by atoms with Gasteiger partial charge in [-0.1, -0.05) is 6.42 Å². The fraction of sp³-hybridized carbons (Fsp3) is 0.737. The zero-order valence-electron chi connectivity index (χ0n) is 16.2. The third-order valence-electron chi connectivity index (χ3n) is 5.48. The molecule has 0 aliphatic carbocycles. The van der Waals surface area contributed by atoms with Crippen LogP contribution in [0.3, 0.4) is 0 Å². The van der Waals surface area contributed by atoms with Gasteiger partial charge in [-0.2, -0.15) is 0 Å². The molecular formula is C19H33N7O. The molecule has 0 spiro atoms. The molecule has 8 nitrogen and oxygen atoms in total. The van der Waals surface area contributed by atoms with Crippen LogP contribution in [0.1, 0.15) is 42.6 Å². The van der Waals surface area contributed by atoms with Gasteiger partial charge < -0.3 is 21.3 Å². The molecule has 2 aliphatic heterocycles. The first kappa shape index (κ1) is 20.0. The van der Waals surface area contributed by atoms with Crippen molar-refractivity contribution in [3.05, 3.63) is 18.1 Å². The third kappa shape index (κ3) is 5.60. The van der Waals surface area contributed by atoms with Crippen molar-refractivity contribution < 1.29 is 4.79 Å². The first-order valence-corrected chi connectivity index (χ1v) is 10.2. The number of carbonyl (C=O) groups excluding carboxylic acids is 1. The lowest BCUT2D eigenvalue weighted by Gasteiger charge is -2.35. The lowest BCUT2D eigenvalue weighted by molar-refractivity contribution is 0.0702. The highest BCUT2D eigenvalue weighted by Crippen LogP contribution is 2.15. The summed E-state index contributed by atoms with van der Waals surface area (Å²) in [6, 6.07) is 0.0709. The molecule has 3 heterocycles. The Morgan fingerprint density at radius 3 is 2.56 bits per heavy atom. The van der Waals surface area contributed by atoms with E-state index >= 15 is 0 Å². The normalized spacial score (nSPS) is 21.5. The van der Waals surface area contributed by atoms with Crippen LogP contribution in [0.2, 0.25) is 0 Å². The number of nitrogens with zero attached hydrogens (tertiary/aromatic N) is 5. The smallest absolute Gasteiger partial charge is 0.274 e. The summed E-state index contributed by atoms with van der Waals surface area (Å²) in [6.07, 6.45) is 8.81. The van der Waals surface area contributed by atoms with Crippen molar-refractivity contribution >= 4 is 11.7 Å². The van der Waals surface area contributed by atoms with Crippen LogP contribution in [0.4, 0.5) is 5.82 Å². The summed E-state index contributed by atoms with van der Waals surface area (Å²) in [5, 5.41) is 0. The quantitative estimate of drug-likeness (QED) is 0.660. The highest BCUT2D eigenvalue weighted by molar-refractivity contribution is 5.92. The molecule has 27 heavy (non-hydrogen) atoms. The van der Waals surface area contributed by atoms with Crippen LogP contribution < -0.4 is 16.4 Å². The number of hydrogen-bond acceptors (Lipinski definition) is 7. The number of hydrogen-bond donors (Lipinski definition) is 2. The van der Waals surface area contributed by atoms with E-state index < -0.39 is 0 Å². The lowest BCUT2D eigenvalue weighted by Crippen LogP contribution is -2.47. The molecule has 2 aliphatic rings. The van der Waals surface area contributed by atoms with Gasteiger partial charge in [0.2, 0.25) is 0 Å². The van der Waals surface area contributed by atoms with E-state index in [2.05, 4.69) is 19.8 Å². The molecule has 2 fully saturated rings. The highest BCUT2D eigenvalue weighted by Gasteiger charge is 2.24. The topological polar surface area (TPSA) is 105 Å². The summed E-state index contributed by atoms with van der Waals surface area (Å²) in [4.78, 5) is 28.0. The summed E-state index contributed by atoms with van der Waals surface area (Å²) in [6.45, 7) is 7.26. The van der Waals surface area contributed by atoms with E-state index in [-0.39, 0.29) is 11.9 Å². The molecule has 0 aromatic carbocycles. The average molecular weight is 376 g/mol. The molecule has 0 radical (unpaired) electrons. The van der Waals surface area contributed by atoms with E-state index in [1.807, 2.05) is 0 Å². The van der Waals surface area contributed by atoms with E-state index in [0.717, 1.165) is 70.9 Å². The predicted octanol–water partition coefficient (Wildman–Crippen LogP) is 0.291. The number of carbonyl (C=O) groups is 1. The van der Waals surface area contributed by atoms with Gasteiger partial charge in [0.15, 0.2) is 0 Å². The number of nitrogens with two attached hydrogens (primary N) is 2. The van der Waals surface area contributed by atoms with Gasteiger partial charge in [0, 0.05) is 45.3 Å². The van der Waals surface area contributed by atoms with Crippen LogP contribution in [0, 0.1) is 0 Å². The summed E-state index contributed by atoms with van der Waals surface area (Å²) >= 11 is 0. The Balaban J connectivity index is 1.47. The molecule has 1 aromatic heterocycles. The zero-order valence-corrected chi connectivity index (χ0v) is 16.2. The molecule has 1 atom stereocenters. The maximum Gasteiger partial charge on any atom is 0.274 e. The summed E-state index contributed by atoms with van der Waals surface area (Å²) in [5.74, 6) is 0.788. The molecule has 1 amide bonds. The minimum absolute atomic E-state index is 0.0634. The number of aromatic nitrogens is 2. The minimum Gasteiger partial charge on any atom is -0.353 e. The molecule has 150 valence electrons. The second-order valence-corrected chi connectivity index (χ2v) is 7.59. The summed E-state index contributed by atoms with van der Waals surface area (Å²) in [7, 11) is 0. The van der Waals surface area contributed by atoms with Crippen molar-refractivity contribution in [1.29, 1.82) is 0 Å². The summed E-state index contributed by atoms with van der Waals surface area (Å²) < 4.78 is 0. The standard InChI is InChI=1S/C19H33N7O/c20-6-2-1-3-7-24-9-11-25(12-10-24)18-14-22-17(13-23-18)19(27)26-8-4-5-16(21)15-26/h13-14,16H,1-12,15,20-21H2. The Morgan fingerprint density at radius 2 is 1.89 bits per heavy atom. The number of unbranched alkanes of at least 4 members (excludes halogenated alkanes) is 2. The van der Waals surface area contributed by atoms with Gasteiger partial charge in [0.1, 0.15) is 11.5 Å². The largest absolute Gasteiger partial charge is 0.353 e. The Morgan fingerprint density at radius 1 is 1.07 bits per heavy atom. The number of piperidine rings is 1. The van der Waals surface area contributed by atoms with Crippen LogP contribution >= 0.6 is 0 Å². The van der Waals surface area contributed by atoms with Crippen molar-refractivity contribution in [2.75, 3.05) is 57.3 Å². The highest BCUT2D eigenvalue weighted by atomic mass is 16.2. The van der Waals surface area contributed by atoms with Gasteiger partial charge in [-0.25, -0.2) is 9.97 Å². The van der Waals surface area contributed by atoms with Gasteiger partial charge in [0.25, 0.3) is 5.91 Å². The van der Waals surface area contributed by atoms with Gasteiger partial charge >= 0.3 is 0 Å². The van der Waals surface area contributed by atoms with Crippen LogP contribution in [0.15, 0.2) is 12.4 Å². The van der Waals surface area contributed by atoms with Crippen molar-refractivity contribution in [2.24, 2.45) is 11.5 Å². The first-order valence-electron chi connectivity index (χ1n) is 10.2. The third-order valence-corrected chi connectivity index (χ3v) is 5.48. The lowest BCUT2D eigenvalue weighted by atomic mass is 10.1. The van der Waals surface area contributed by atoms with Gasteiger partial charge in [-0.05, 0) is 38.8 Å². The Bertz CT molecular complexity index is 586. The summed E-state index contributed by atoms with van der Waals surface area (Å²) in [5.41, 5.74) is 11.9. The number of anilines is 1. The van der Waals surface area contributed by atoms with Gasteiger partial charge in [-0.3, -0.25) is 9.69 Å². The maximum atomic E-state index is 12.6. The second kappa shape index (κ2) is 9.96.